The molecule has 0 aliphatic heterocycles. The Balaban J connectivity index is 2.56. The van der Waals surface area contributed by atoms with Gasteiger partial charge in [-0.25, -0.2) is 0 Å². The van der Waals surface area contributed by atoms with E-state index in [1.807, 2.05) is 0 Å². The molecule has 0 saturated carbocycles. The number of hydrogen-bond donors (Lipinski definition) is 2. The number of hydrogen-bond acceptors (Lipinski definition) is 3. The Hall–Kier alpha value is -2.36. The number of aromatic nitrogens is 1. The van der Waals surface area contributed by atoms with Crippen LogP contribution >= 0.6 is 0 Å². The van der Waals surface area contributed by atoms with E-state index in [9.17, 15) is 14.7 Å². The maximum absolute atomic E-state index is 12.1. The van der Waals surface area contributed by atoms with Crippen molar-refractivity contribution in [1.82, 2.24) is 4.98 Å². The van der Waals surface area contributed by atoms with E-state index in [4.69, 9.17) is 0 Å². The first kappa shape index (κ1) is 11.1. The molecule has 4 heteroatoms. The molecule has 0 atom stereocenters. The van der Waals surface area contributed by atoms with Crippen LogP contribution < -0.4 is 5.56 Å². The first-order chi connectivity index (χ1) is 8.09. The number of pyridine rings is 1. The highest BCUT2D eigenvalue weighted by Crippen LogP contribution is 2.19. The zero-order valence-electron chi connectivity index (χ0n) is 9.23. The number of rotatable bonds is 2. The highest BCUT2D eigenvalue weighted by Gasteiger charge is 2.16. The van der Waals surface area contributed by atoms with Crippen LogP contribution in [0.4, 0.5) is 0 Å². The molecule has 0 saturated heterocycles. The Bertz CT molecular complexity index is 588. The summed E-state index contributed by atoms with van der Waals surface area (Å²) < 4.78 is 0. The molecule has 2 rings (SSSR count). The van der Waals surface area contributed by atoms with Gasteiger partial charge < -0.3 is 5.11 Å². The number of aromatic amines is 1. The molecular weight excluding hydrogens is 218 g/mol. The average Bonchev–Trinajstić information content (AvgIpc) is 2.28. The van der Waals surface area contributed by atoms with Gasteiger partial charge in [0.25, 0.3) is 5.56 Å². The fraction of sp³-hybridized carbons (Fsp3) is 0.0769. The number of aryl methyl sites for hydroxylation is 1. The summed E-state index contributed by atoms with van der Waals surface area (Å²) in [6, 6.07) is 9.89. The van der Waals surface area contributed by atoms with Gasteiger partial charge in [-0.15, -0.1) is 0 Å². The highest BCUT2D eigenvalue weighted by molar-refractivity contribution is 6.11. The predicted molar refractivity (Wildman–Crippen MR) is 63.3 cm³/mol. The molecule has 0 aliphatic rings. The molecule has 0 amide bonds. The fourth-order valence-corrected chi connectivity index (χ4v) is 1.69. The zero-order chi connectivity index (χ0) is 12.4. The summed E-state index contributed by atoms with van der Waals surface area (Å²) in [5.41, 5.74) is 0.637. The molecule has 86 valence electrons. The Kier molecular flexibility index (Phi) is 2.78. The lowest BCUT2D eigenvalue weighted by atomic mass is 10.0. The third-order valence-corrected chi connectivity index (χ3v) is 2.48. The number of carbonyl (C=O) groups excluding carboxylic acids is 1. The average molecular weight is 229 g/mol. The van der Waals surface area contributed by atoms with Gasteiger partial charge >= 0.3 is 0 Å². The zero-order valence-corrected chi connectivity index (χ0v) is 9.23. The van der Waals surface area contributed by atoms with Crippen molar-refractivity contribution in [2.75, 3.05) is 0 Å². The largest absolute Gasteiger partial charge is 0.494 e. The number of carbonyl (C=O) groups is 1. The van der Waals surface area contributed by atoms with E-state index in [0.717, 1.165) is 0 Å². The quantitative estimate of drug-likeness (QED) is 0.769. The Labute approximate surface area is 97.6 Å². The van der Waals surface area contributed by atoms with Gasteiger partial charge in [-0.05, 0) is 12.5 Å². The van der Waals surface area contributed by atoms with Gasteiger partial charge in [0.15, 0.2) is 5.78 Å². The second kappa shape index (κ2) is 4.25. The van der Waals surface area contributed by atoms with Crippen LogP contribution in [0.3, 0.4) is 0 Å². The Morgan fingerprint density at radius 1 is 1.24 bits per heavy atom. The molecule has 1 heterocycles. The summed E-state index contributed by atoms with van der Waals surface area (Å²) in [6.07, 6.45) is 0. The summed E-state index contributed by atoms with van der Waals surface area (Å²) in [6.45, 7) is 1.62. The summed E-state index contributed by atoms with van der Waals surface area (Å²) in [4.78, 5) is 25.4. The standard InChI is InChI=1S/C13H11NO3/c1-8-7-10(15)14-13(17)11(8)12(16)9-5-3-2-4-6-9/h2-7H,1H3,(H2,14,15,17). The van der Waals surface area contributed by atoms with Crippen LogP contribution in [0.1, 0.15) is 21.5 Å². The molecule has 2 N–H and O–H groups in total. The van der Waals surface area contributed by atoms with Crippen molar-refractivity contribution < 1.29 is 9.90 Å². The molecule has 0 unspecified atom stereocenters. The van der Waals surface area contributed by atoms with Gasteiger partial charge in [-0.3, -0.25) is 14.6 Å². The maximum Gasteiger partial charge on any atom is 0.250 e. The smallest absolute Gasteiger partial charge is 0.250 e. The summed E-state index contributed by atoms with van der Waals surface area (Å²) in [7, 11) is 0. The summed E-state index contributed by atoms with van der Waals surface area (Å²) >= 11 is 0. The normalized spacial score (nSPS) is 10.2. The highest BCUT2D eigenvalue weighted by atomic mass is 16.3. The third-order valence-electron chi connectivity index (χ3n) is 2.48. The predicted octanol–water partition coefficient (Wildman–Crippen LogP) is 1.62. The van der Waals surface area contributed by atoms with Crippen LogP contribution in [-0.2, 0) is 0 Å². The van der Waals surface area contributed by atoms with Crippen LogP contribution in [0.5, 0.6) is 5.88 Å². The molecule has 4 nitrogen and oxygen atoms in total. The lowest BCUT2D eigenvalue weighted by Gasteiger charge is -2.06. The first-order valence-corrected chi connectivity index (χ1v) is 5.12. The molecule has 17 heavy (non-hydrogen) atoms. The minimum Gasteiger partial charge on any atom is -0.494 e. The monoisotopic (exact) mass is 229 g/mol. The van der Waals surface area contributed by atoms with E-state index in [2.05, 4.69) is 4.98 Å². The van der Waals surface area contributed by atoms with Crippen molar-refractivity contribution >= 4 is 5.78 Å². The second-order valence-electron chi connectivity index (χ2n) is 3.74. The Morgan fingerprint density at radius 2 is 1.88 bits per heavy atom. The molecule has 0 radical (unpaired) electrons. The summed E-state index contributed by atoms with van der Waals surface area (Å²) in [5, 5.41) is 9.63. The topological polar surface area (TPSA) is 70.2 Å². The molecular formula is C13H11NO3. The minimum absolute atomic E-state index is 0.135. The molecule has 1 aromatic heterocycles. The van der Waals surface area contributed by atoms with E-state index in [1.54, 1.807) is 37.3 Å². The molecule has 0 bridgehead atoms. The van der Waals surface area contributed by atoms with Gasteiger partial charge in [-0.2, -0.15) is 0 Å². The lowest BCUT2D eigenvalue weighted by molar-refractivity contribution is 0.103. The van der Waals surface area contributed by atoms with Crippen molar-refractivity contribution in [3.8, 4) is 5.88 Å². The molecule has 2 aromatic rings. The molecule has 0 spiro atoms. The van der Waals surface area contributed by atoms with Crippen molar-refractivity contribution in [2.24, 2.45) is 0 Å². The minimum atomic E-state index is -0.426. The Morgan fingerprint density at radius 3 is 2.47 bits per heavy atom. The van der Waals surface area contributed by atoms with Crippen molar-refractivity contribution in [1.29, 1.82) is 0 Å². The van der Waals surface area contributed by atoms with Gasteiger partial charge in [0.1, 0.15) is 0 Å². The van der Waals surface area contributed by atoms with Gasteiger partial charge in [0, 0.05) is 11.6 Å². The van der Waals surface area contributed by atoms with Crippen LogP contribution in [0.15, 0.2) is 41.2 Å². The van der Waals surface area contributed by atoms with E-state index in [1.165, 1.54) is 6.07 Å². The van der Waals surface area contributed by atoms with Gasteiger partial charge in [0.2, 0.25) is 5.88 Å². The number of ketones is 1. The summed E-state index contributed by atoms with van der Waals surface area (Å²) in [5.74, 6) is -0.694. The lowest BCUT2D eigenvalue weighted by Crippen LogP contribution is -2.12. The molecule has 0 aliphatic carbocycles. The van der Waals surface area contributed by atoms with Crippen molar-refractivity contribution in [3.63, 3.8) is 0 Å². The van der Waals surface area contributed by atoms with Crippen molar-refractivity contribution in [3.05, 3.63) is 63.4 Å². The maximum atomic E-state index is 12.1. The number of benzene rings is 1. The van der Waals surface area contributed by atoms with Crippen LogP contribution in [-0.4, -0.2) is 15.9 Å². The SMILES string of the molecule is Cc1cc(=O)[nH]c(O)c1C(=O)c1ccccc1. The van der Waals surface area contributed by atoms with E-state index >= 15 is 0 Å². The van der Waals surface area contributed by atoms with E-state index in [0.29, 0.717) is 11.1 Å². The van der Waals surface area contributed by atoms with Gasteiger partial charge in [0.05, 0.1) is 5.56 Å². The molecule has 0 fully saturated rings. The first-order valence-electron chi connectivity index (χ1n) is 5.12. The van der Waals surface area contributed by atoms with E-state index < -0.39 is 5.56 Å². The van der Waals surface area contributed by atoms with Gasteiger partial charge in [-0.1, -0.05) is 30.3 Å². The molecule has 1 aromatic carbocycles. The van der Waals surface area contributed by atoms with Crippen LogP contribution in [0.25, 0.3) is 0 Å². The van der Waals surface area contributed by atoms with Crippen LogP contribution in [0.2, 0.25) is 0 Å². The number of aromatic hydroxyl groups is 1. The third kappa shape index (κ3) is 2.10. The number of nitrogens with one attached hydrogen (secondary N) is 1. The van der Waals surface area contributed by atoms with Crippen molar-refractivity contribution in [2.45, 2.75) is 6.92 Å². The fourth-order valence-electron chi connectivity index (χ4n) is 1.69. The number of H-pyrrole nitrogens is 1. The second-order valence-corrected chi connectivity index (χ2v) is 3.74. The van der Waals surface area contributed by atoms with Crippen LogP contribution in [0, 0.1) is 6.92 Å². The van der Waals surface area contributed by atoms with E-state index in [-0.39, 0.29) is 17.2 Å².